The van der Waals surface area contributed by atoms with E-state index in [1.54, 1.807) is 0 Å². The van der Waals surface area contributed by atoms with Crippen LogP contribution in [0.3, 0.4) is 0 Å². The molecule has 6 nitrogen and oxygen atoms in total. The molecule has 162 valence electrons. The van der Waals surface area contributed by atoms with Crippen LogP contribution in [0.4, 0.5) is 10.1 Å². The lowest BCUT2D eigenvalue weighted by Crippen LogP contribution is -2.32. The second-order valence-electron chi connectivity index (χ2n) is 6.89. The number of ether oxygens (including phenoxy) is 1. The summed E-state index contributed by atoms with van der Waals surface area (Å²) in [5.41, 5.74) is 0.837. The topological polar surface area (TPSA) is 71.5 Å². The zero-order chi connectivity index (χ0) is 22.0. The Morgan fingerprint density at radius 3 is 2.74 bits per heavy atom. The molecule has 1 N–H and O–H groups in total. The number of nitrogens with one attached hydrogen (secondary N) is 1. The van der Waals surface area contributed by atoms with Crippen molar-refractivity contribution in [2.75, 3.05) is 37.0 Å². The Labute approximate surface area is 191 Å². The minimum absolute atomic E-state index is 0.0169. The number of anilines is 1. The number of rotatable bonds is 5. The third-order valence-corrected chi connectivity index (χ3v) is 7.24. The van der Waals surface area contributed by atoms with Crippen molar-refractivity contribution >= 4 is 62.5 Å². The van der Waals surface area contributed by atoms with Gasteiger partial charge in [0.25, 0.3) is 5.91 Å². The Bertz CT molecular complexity index is 1130. The number of carbonyl (C=O) groups is 2. The first-order valence-corrected chi connectivity index (χ1v) is 11.9. The van der Waals surface area contributed by atoms with Gasteiger partial charge in [0.15, 0.2) is 0 Å². The predicted octanol–water partition coefficient (Wildman–Crippen LogP) is 4.68. The summed E-state index contributed by atoms with van der Waals surface area (Å²) in [6, 6.07) is 7.70. The Kier molecular flexibility index (Phi) is 6.76. The van der Waals surface area contributed by atoms with Crippen molar-refractivity contribution in [2.24, 2.45) is 0 Å². The van der Waals surface area contributed by atoms with Crippen molar-refractivity contribution in [2.45, 2.75) is 6.54 Å². The molecule has 1 aliphatic heterocycles. The maximum absolute atomic E-state index is 14.2. The van der Waals surface area contributed by atoms with E-state index in [1.807, 2.05) is 23.9 Å². The lowest BCUT2D eigenvalue weighted by atomic mass is 10.1. The fraction of sp³-hybridized carbons (Fsp3) is 0.286. The third-order valence-electron chi connectivity index (χ3n) is 4.90. The van der Waals surface area contributed by atoms with E-state index in [9.17, 15) is 14.0 Å². The van der Waals surface area contributed by atoms with E-state index >= 15 is 0 Å². The number of esters is 1. The van der Waals surface area contributed by atoms with Gasteiger partial charge in [0.05, 0.1) is 29.1 Å². The van der Waals surface area contributed by atoms with E-state index in [-0.39, 0.29) is 21.2 Å². The molecule has 1 saturated heterocycles. The average molecular weight is 480 g/mol. The molecule has 1 fully saturated rings. The SMILES string of the molecule is COC(=O)c1sc2nc(CN3CCSCC3)ccc2c1NC(=O)c1c(F)cccc1Cl. The van der Waals surface area contributed by atoms with Gasteiger partial charge in [-0.2, -0.15) is 11.8 Å². The van der Waals surface area contributed by atoms with Crippen molar-refractivity contribution in [3.05, 3.63) is 57.3 Å². The minimum atomic E-state index is -0.747. The van der Waals surface area contributed by atoms with Crippen LogP contribution >= 0.6 is 34.7 Å². The molecule has 2 aromatic heterocycles. The standard InChI is InChI=1S/C21H19ClFN3O3S2/c1-29-21(28)18-17(25-19(27)16-14(22)3-2-4-15(16)23)13-6-5-12(24-20(13)31-18)11-26-7-9-30-10-8-26/h2-6H,7-11H2,1H3,(H,25,27). The molecule has 1 aliphatic rings. The molecule has 0 bridgehead atoms. The highest BCUT2D eigenvalue weighted by Gasteiger charge is 2.24. The second-order valence-corrected chi connectivity index (χ2v) is 9.52. The number of nitrogens with zero attached hydrogens (tertiary/aromatic N) is 2. The molecule has 0 unspecified atom stereocenters. The predicted molar refractivity (Wildman–Crippen MR) is 123 cm³/mol. The Hall–Kier alpha value is -2.20. The van der Waals surface area contributed by atoms with Crippen molar-refractivity contribution in [1.82, 2.24) is 9.88 Å². The van der Waals surface area contributed by atoms with Crippen LogP contribution in [0.2, 0.25) is 5.02 Å². The van der Waals surface area contributed by atoms with Crippen LogP contribution in [-0.4, -0.2) is 53.5 Å². The summed E-state index contributed by atoms with van der Waals surface area (Å²) >= 11 is 9.09. The molecule has 0 atom stereocenters. The number of halogens is 2. The van der Waals surface area contributed by atoms with Gasteiger partial charge in [-0.15, -0.1) is 11.3 Å². The molecule has 1 amide bonds. The molecule has 1 aromatic carbocycles. The first kappa shape index (κ1) is 22.0. The highest BCUT2D eigenvalue weighted by molar-refractivity contribution is 7.99. The molecule has 31 heavy (non-hydrogen) atoms. The molecule has 0 aliphatic carbocycles. The summed E-state index contributed by atoms with van der Waals surface area (Å²) in [5.74, 6) is 0.102. The normalized spacial score (nSPS) is 14.5. The number of hydrogen-bond donors (Lipinski definition) is 1. The smallest absolute Gasteiger partial charge is 0.350 e. The summed E-state index contributed by atoms with van der Waals surface area (Å²) in [7, 11) is 1.26. The lowest BCUT2D eigenvalue weighted by Gasteiger charge is -2.25. The molecule has 4 rings (SSSR count). The summed E-state index contributed by atoms with van der Waals surface area (Å²) in [6.07, 6.45) is 0. The minimum Gasteiger partial charge on any atom is -0.465 e. The van der Waals surface area contributed by atoms with Gasteiger partial charge in [0.1, 0.15) is 15.5 Å². The molecule has 3 aromatic rings. The largest absolute Gasteiger partial charge is 0.465 e. The van der Waals surface area contributed by atoms with E-state index in [4.69, 9.17) is 21.3 Å². The average Bonchev–Trinajstić information content (AvgIpc) is 3.11. The first-order chi connectivity index (χ1) is 15.0. The van der Waals surface area contributed by atoms with Crippen molar-refractivity contribution < 1.29 is 18.7 Å². The summed E-state index contributed by atoms with van der Waals surface area (Å²) in [5, 5.41) is 3.21. The Balaban J connectivity index is 1.69. The number of methoxy groups -OCH3 is 1. The van der Waals surface area contributed by atoms with E-state index in [0.717, 1.165) is 47.7 Å². The number of carbonyl (C=O) groups excluding carboxylic acids is 2. The number of benzene rings is 1. The van der Waals surface area contributed by atoms with Crippen LogP contribution in [-0.2, 0) is 11.3 Å². The van der Waals surface area contributed by atoms with Crippen LogP contribution in [0.15, 0.2) is 30.3 Å². The maximum Gasteiger partial charge on any atom is 0.350 e. The number of aromatic nitrogens is 1. The highest BCUT2D eigenvalue weighted by Crippen LogP contribution is 2.36. The van der Waals surface area contributed by atoms with Gasteiger partial charge in [0.2, 0.25) is 0 Å². The zero-order valence-corrected chi connectivity index (χ0v) is 19.0. The van der Waals surface area contributed by atoms with E-state index in [0.29, 0.717) is 16.8 Å². The van der Waals surface area contributed by atoms with Gasteiger partial charge in [-0.3, -0.25) is 9.69 Å². The van der Waals surface area contributed by atoms with E-state index in [2.05, 4.69) is 10.2 Å². The number of thioether (sulfide) groups is 1. The van der Waals surface area contributed by atoms with Gasteiger partial charge in [-0.25, -0.2) is 14.2 Å². The van der Waals surface area contributed by atoms with Gasteiger partial charge in [-0.05, 0) is 24.3 Å². The third kappa shape index (κ3) is 4.69. The molecular formula is C21H19ClFN3O3S2. The van der Waals surface area contributed by atoms with Crippen LogP contribution < -0.4 is 5.32 Å². The molecule has 0 radical (unpaired) electrons. The molecule has 10 heteroatoms. The van der Waals surface area contributed by atoms with Gasteiger partial charge in [-0.1, -0.05) is 17.7 Å². The first-order valence-electron chi connectivity index (χ1n) is 9.54. The number of amides is 1. The second kappa shape index (κ2) is 9.52. The Morgan fingerprint density at radius 1 is 1.26 bits per heavy atom. The molecular weight excluding hydrogens is 461 g/mol. The maximum atomic E-state index is 14.2. The number of fused-ring (bicyclic) bond motifs is 1. The van der Waals surface area contributed by atoms with Crippen LogP contribution in [0.25, 0.3) is 10.2 Å². The highest BCUT2D eigenvalue weighted by atomic mass is 35.5. The number of pyridine rings is 1. The molecule has 3 heterocycles. The zero-order valence-electron chi connectivity index (χ0n) is 16.6. The van der Waals surface area contributed by atoms with Crippen LogP contribution in [0.1, 0.15) is 25.7 Å². The number of hydrogen-bond acceptors (Lipinski definition) is 7. The molecule has 0 spiro atoms. The van der Waals surface area contributed by atoms with E-state index < -0.39 is 17.7 Å². The van der Waals surface area contributed by atoms with Gasteiger partial charge >= 0.3 is 5.97 Å². The fourth-order valence-corrected chi connectivity index (χ4v) is 5.64. The van der Waals surface area contributed by atoms with Crippen LogP contribution in [0, 0.1) is 5.82 Å². The van der Waals surface area contributed by atoms with Gasteiger partial charge in [0, 0.05) is 36.5 Å². The van der Waals surface area contributed by atoms with Crippen molar-refractivity contribution in [3.63, 3.8) is 0 Å². The lowest BCUT2D eigenvalue weighted by molar-refractivity contribution is 0.0607. The summed E-state index contributed by atoms with van der Waals surface area (Å²) in [4.78, 5) is 33.0. The molecule has 0 saturated carbocycles. The summed E-state index contributed by atoms with van der Waals surface area (Å²) in [6.45, 7) is 2.73. The van der Waals surface area contributed by atoms with E-state index in [1.165, 1.54) is 19.2 Å². The quantitative estimate of drug-likeness (QED) is 0.536. The Morgan fingerprint density at radius 2 is 2.03 bits per heavy atom. The van der Waals surface area contributed by atoms with Gasteiger partial charge < -0.3 is 10.1 Å². The van der Waals surface area contributed by atoms with Crippen molar-refractivity contribution in [3.8, 4) is 0 Å². The van der Waals surface area contributed by atoms with Crippen molar-refractivity contribution in [1.29, 1.82) is 0 Å². The fourth-order valence-electron chi connectivity index (χ4n) is 3.34. The number of thiophene rings is 1. The monoisotopic (exact) mass is 479 g/mol. The summed E-state index contributed by atoms with van der Waals surface area (Å²) < 4.78 is 19.1. The van der Waals surface area contributed by atoms with Crippen LogP contribution in [0.5, 0.6) is 0 Å².